The van der Waals surface area contributed by atoms with Gasteiger partial charge < -0.3 is 15.3 Å². The Morgan fingerprint density at radius 3 is 2.75 bits per heavy atom. The average molecular weight is 219 g/mol. The maximum absolute atomic E-state index is 9.88. The Morgan fingerprint density at radius 2 is 2.19 bits per heavy atom. The van der Waals surface area contributed by atoms with E-state index in [2.05, 4.69) is 15.1 Å². The zero-order valence-corrected chi connectivity index (χ0v) is 9.86. The van der Waals surface area contributed by atoms with Crippen molar-refractivity contribution in [3.05, 3.63) is 35.3 Å². The molecule has 16 heavy (non-hydrogen) atoms. The minimum Gasteiger partial charge on any atom is -0.383 e. The normalized spacial score (nSPS) is 13.2. The van der Waals surface area contributed by atoms with Gasteiger partial charge in [-0.05, 0) is 32.9 Å². The monoisotopic (exact) mass is 219 g/mol. The first-order chi connectivity index (χ1) is 7.42. The van der Waals surface area contributed by atoms with Gasteiger partial charge in [-0.25, -0.2) is 0 Å². The highest BCUT2D eigenvalue weighted by Gasteiger charge is 2.16. The van der Waals surface area contributed by atoms with E-state index in [9.17, 15) is 5.11 Å². The van der Waals surface area contributed by atoms with Crippen LogP contribution in [-0.4, -0.2) is 22.2 Å². The van der Waals surface area contributed by atoms with Gasteiger partial charge in [-0.15, -0.1) is 4.98 Å². The second kappa shape index (κ2) is 5.06. The fourth-order valence-electron chi connectivity index (χ4n) is 1.19. The molecule has 1 aromatic heterocycles. The van der Waals surface area contributed by atoms with Gasteiger partial charge in [-0.1, -0.05) is 12.6 Å². The lowest BCUT2D eigenvalue weighted by atomic mass is 10.1. The SMILES string of the molecule is [C-]#[N+]c1cccc([C@@H](O)CNC(C)(C)C)n1. The third kappa shape index (κ3) is 3.97. The van der Waals surface area contributed by atoms with Crippen LogP contribution < -0.4 is 5.32 Å². The summed E-state index contributed by atoms with van der Waals surface area (Å²) in [5, 5.41) is 13.1. The molecular formula is C12H17N3O. The molecule has 0 aliphatic carbocycles. The first-order valence-corrected chi connectivity index (χ1v) is 5.20. The molecule has 1 aromatic rings. The van der Waals surface area contributed by atoms with Crippen molar-refractivity contribution < 1.29 is 5.11 Å². The van der Waals surface area contributed by atoms with Gasteiger partial charge in [0, 0.05) is 12.1 Å². The number of aliphatic hydroxyl groups excluding tert-OH is 1. The van der Waals surface area contributed by atoms with Crippen LogP contribution in [0.15, 0.2) is 18.2 Å². The van der Waals surface area contributed by atoms with Crippen LogP contribution in [0, 0.1) is 6.57 Å². The second-order valence-corrected chi connectivity index (χ2v) is 4.68. The molecule has 1 heterocycles. The molecule has 1 rings (SSSR count). The minimum atomic E-state index is -0.680. The molecule has 0 saturated heterocycles. The average Bonchev–Trinajstić information content (AvgIpc) is 2.25. The predicted molar refractivity (Wildman–Crippen MR) is 63.2 cm³/mol. The summed E-state index contributed by atoms with van der Waals surface area (Å²) < 4.78 is 0. The number of pyridine rings is 1. The molecule has 4 nitrogen and oxygen atoms in total. The first kappa shape index (κ1) is 12.6. The van der Waals surface area contributed by atoms with Gasteiger partial charge in [-0.2, -0.15) is 0 Å². The Labute approximate surface area is 96.2 Å². The van der Waals surface area contributed by atoms with E-state index >= 15 is 0 Å². The highest BCUT2D eigenvalue weighted by atomic mass is 16.3. The first-order valence-electron chi connectivity index (χ1n) is 5.20. The Morgan fingerprint density at radius 1 is 1.50 bits per heavy atom. The molecule has 0 bridgehead atoms. The number of β-amino-alcohol motifs (C(OH)–C–C–N with tert-alkyl or cyclic N) is 1. The summed E-state index contributed by atoms with van der Waals surface area (Å²) in [6.07, 6.45) is -0.680. The van der Waals surface area contributed by atoms with Crippen molar-refractivity contribution in [1.29, 1.82) is 0 Å². The number of hydrogen-bond acceptors (Lipinski definition) is 3. The lowest BCUT2D eigenvalue weighted by molar-refractivity contribution is 0.159. The Hall–Kier alpha value is -1.44. The van der Waals surface area contributed by atoms with Crippen molar-refractivity contribution in [3.63, 3.8) is 0 Å². The molecule has 86 valence electrons. The fraction of sp³-hybridized carbons (Fsp3) is 0.500. The van der Waals surface area contributed by atoms with Crippen molar-refractivity contribution in [2.24, 2.45) is 0 Å². The summed E-state index contributed by atoms with van der Waals surface area (Å²) >= 11 is 0. The summed E-state index contributed by atoms with van der Waals surface area (Å²) in [4.78, 5) is 7.28. The van der Waals surface area contributed by atoms with E-state index < -0.39 is 6.10 Å². The topological polar surface area (TPSA) is 49.5 Å². The Kier molecular flexibility index (Phi) is 3.99. The molecule has 0 radical (unpaired) electrons. The third-order valence-corrected chi connectivity index (χ3v) is 2.04. The molecule has 0 aliphatic heterocycles. The summed E-state index contributed by atoms with van der Waals surface area (Å²) in [7, 11) is 0. The highest BCUT2D eigenvalue weighted by Crippen LogP contribution is 2.15. The van der Waals surface area contributed by atoms with Crippen LogP contribution in [0.25, 0.3) is 4.85 Å². The zero-order valence-electron chi connectivity index (χ0n) is 9.86. The van der Waals surface area contributed by atoms with Crippen molar-refractivity contribution >= 4 is 5.82 Å². The van der Waals surface area contributed by atoms with Crippen molar-refractivity contribution in [2.75, 3.05) is 6.54 Å². The lowest BCUT2D eigenvalue weighted by Crippen LogP contribution is -2.38. The van der Waals surface area contributed by atoms with Crippen LogP contribution in [0.4, 0.5) is 5.82 Å². The van der Waals surface area contributed by atoms with Crippen molar-refractivity contribution in [1.82, 2.24) is 10.3 Å². The van der Waals surface area contributed by atoms with Crippen LogP contribution in [0.2, 0.25) is 0 Å². The van der Waals surface area contributed by atoms with Gasteiger partial charge in [0.1, 0.15) is 6.10 Å². The molecule has 0 saturated carbocycles. The van der Waals surface area contributed by atoms with Crippen LogP contribution in [0.1, 0.15) is 32.6 Å². The molecule has 0 amide bonds. The third-order valence-electron chi connectivity index (χ3n) is 2.04. The van der Waals surface area contributed by atoms with Crippen LogP contribution in [-0.2, 0) is 0 Å². The molecule has 0 unspecified atom stereocenters. The summed E-state index contributed by atoms with van der Waals surface area (Å²) in [6.45, 7) is 13.4. The largest absolute Gasteiger partial charge is 0.383 e. The number of aromatic nitrogens is 1. The van der Waals surface area contributed by atoms with Gasteiger partial charge in [0.2, 0.25) is 0 Å². The number of rotatable bonds is 3. The van der Waals surface area contributed by atoms with Gasteiger partial charge in [0.25, 0.3) is 5.82 Å². The Balaban J connectivity index is 2.66. The second-order valence-electron chi connectivity index (χ2n) is 4.68. The predicted octanol–water partition coefficient (Wildman–Crippen LogP) is 2.05. The molecule has 2 N–H and O–H groups in total. The van der Waals surface area contributed by atoms with E-state index in [1.807, 2.05) is 20.8 Å². The number of nitrogens with zero attached hydrogens (tertiary/aromatic N) is 2. The molecule has 1 atom stereocenters. The molecule has 0 spiro atoms. The standard InChI is InChI=1S/C12H17N3O/c1-12(2,3)14-8-10(16)9-6-5-7-11(13-4)15-9/h5-7,10,14,16H,8H2,1-3H3/t10-/m0/s1. The van der Waals surface area contributed by atoms with Crippen LogP contribution >= 0.6 is 0 Å². The number of hydrogen-bond donors (Lipinski definition) is 2. The van der Waals surface area contributed by atoms with Gasteiger partial charge in [0.15, 0.2) is 5.69 Å². The van der Waals surface area contributed by atoms with Gasteiger partial charge in [-0.3, -0.25) is 0 Å². The van der Waals surface area contributed by atoms with E-state index in [0.29, 0.717) is 18.1 Å². The maximum Gasteiger partial charge on any atom is 0.269 e. The Bertz CT molecular complexity index is 390. The molecule has 0 aromatic carbocycles. The minimum absolute atomic E-state index is 0.0433. The smallest absolute Gasteiger partial charge is 0.269 e. The quantitative estimate of drug-likeness (QED) is 0.765. The van der Waals surface area contributed by atoms with Gasteiger partial charge in [0.05, 0.1) is 0 Å². The molecule has 0 aliphatic rings. The van der Waals surface area contributed by atoms with E-state index in [0.717, 1.165) is 0 Å². The molecule has 4 heteroatoms. The van der Waals surface area contributed by atoms with E-state index in [-0.39, 0.29) is 5.54 Å². The van der Waals surface area contributed by atoms with E-state index in [1.165, 1.54) is 0 Å². The molecule has 0 fully saturated rings. The number of nitrogens with one attached hydrogen (secondary N) is 1. The fourth-order valence-corrected chi connectivity index (χ4v) is 1.19. The highest BCUT2D eigenvalue weighted by molar-refractivity contribution is 5.36. The maximum atomic E-state index is 9.88. The van der Waals surface area contributed by atoms with E-state index in [1.54, 1.807) is 18.2 Å². The van der Waals surface area contributed by atoms with Crippen LogP contribution in [0.5, 0.6) is 0 Å². The van der Waals surface area contributed by atoms with Crippen molar-refractivity contribution in [2.45, 2.75) is 32.4 Å². The van der Waals surface area contributed by atoms with E-state index in [4.69, 9.17) is 6.57 Å². The molecular weight excluding hydrogens is 202 g/mol. The zero-order chi connectivity index (χ0) is 12.2. The summed E-state index contributed by atoms with van der Waals surface area (Å²) in [5.74, 6) is 0.312. The van der Waals surface area contributed by atoms with Crippen LogP contribution in [0.3, 0.4) is 0 Å². The van der Waals surface area contributed by atoms with Crippen molar-refractivity contribution in [3.8, 4) is 0 Å². The lowest BCUT2D eigenvalue weighted by Gasteiger charge is -2.21. The summed E-state index contributed by atoms with van der Waals surface area (Å²) in [6, 6.07) is 5.08. The van der Waals surface area contributed by atoms with Gasteiger partial charge >= 0.3 is 0 Å². The summed E-state index contributed by atoms with van der Waals surface area (Å²) in [5.41, 5.74) is 0.489. The number of aliphatic hydroxyl groups is 1.